The summed E-state index contributed by atoms with van der Waals surface area (Å²) in [7, 11) is 0. The maximum Gasteiger partial charge on any atom is 0.416 e. The summed E-state index contributed by atoms with van der Waals surface area (Å²) in [6.45, 7) is -0.218. The number of Topliss-reactive ketones (excluding diaryl/α,β-unsaturated/α-hetero) is 1. The number of benzene rings is 2. The highest BCUT2D eigenvalue weighted by Gasteiger charge is 2.30. The van der Waals surface area contributed by atoms with Crippen molar-refractivity contribution >= 4 is 17.5 Å². The Kier molecular flexibility index (Phi) is 5.13. The molecule has 0 radical (unpaired) electrons. The number of rotatable bonds is 5. The topological polar surface area (TPSA) is 26.3 Å². The zero-order valence-electron chi connectivity index (χ0n) is 11.7. The minimum Gasteiger partial charge on any atom is -0.485 e. The van der Waals surface area contributed by atoms with Gasteiger partial charge in [0.15, 0.2) is 12.4 Å². The molecule has 0 aliphatic rings. The summed E-state index contributed by atoms with van der Waals surface area (Å²) in [5.74, 6) is -0.00497. The lowest BCUT2D eigenvalue weighted by Gasteiger charge is -2.09. The zero-order valence-corrected chi connectivity index (χ0v) is 12.5. The number of ketones is 1. The first-order valence-corrected chi connectivity index (χ1v) is 7.60. The largest absolute Gasteiger partial charge is 0.485 e. The molecule has 0 aliphatic carbocycles. The molecule has 0 spiro atoms. The molecule has 2 aromatic carbocycles. The van der Waals surface area contributed by atoms with Crippen LogP contribution in [0.5, 0.6) is 5.75 Å². The zero-order chi connectivity index (χ0) is 16.2. The van der Waals surface area contributed by atoms with Crippen LogP contribution in [-0.4, -0.2) is 18.6 Å². The Balaban J connectivity index is 1.95. The first-order chi connectivity index (χ1) is 10.4. The van der Waals surface area contributed by atoms with Crippen LogP contribution in [0.3, 0.4) is 0 Å². The van der Waals surface area contributed by atoms with Gasteiger partial charge in [0.2, 0.25) is 0 Å². The summed E-state index contributed by atoms with van der Waals surface area (Å²) < 4.78 is 42.5. The number of hydrogen-bond acceptors (Lipinski definition) is 3. The minimum atomic E-state index is -4.38. The fourth-order valence-corrected chi connectivity index (χ4v) is 2.16. The molecule has 0 N–H and O–H groups in total. The van der Waals surface area contributed by atoms with Gasteiger partial charge in [0, 0.05) is 10.5 Å². The van der Waals surface area contributed by atoms with Crippen molar-refractivity contribution in [2.75, 3.05) is 12.9 Å². The quantitative estimate of drug-likeness (QED) is 0.589. The van der Waals surface area contributed by atoms with Gasteiger partial charge in [0.1, 0.15) is 5.75 Å². The molecule has 0 amide bonds. The summed E-state index contributed by atoms with van der Waals surface area (Å²) >= 11 is 1.57. The van der Waals surface area contributed by atoms with Crippen molar-refractivity contribution in [3.8, 4) is 5.75 Å². The average molecular weight is 326 g/mol. The Labute approximate surface area is 130 Å². The number of alkyl halides is 3. The molecule has 116 valence electrons. The van der Waals surface area contributed by atoms with Gasteiger partial charge in [-0.25, -0.2) is 0 Å². The number of ether oxygens (including phenoxy) is 1. The van der Waals surface area contributed by atoms with Gasteiger partial charge < -0.3 is 4.74 Å². The van der Waals surface area contributed by atoms with Crippen molar-refractivity contribution in [2.45, 2.75) is 11.1 Å². The molecule has 0 saturated carbocycles. The van der Waals surface area contributed by atoms with E-state index in [4.69, 9.17) is 4.74 Å². The second-order valence-corrected chi connectivity index (χ2v) is 5.34. The van der Waals surface area contributed by atoms with Crippen molar-refractivity contribution in [3.63, 3.8) is 0 Å². The summed E-state index contributed by atoms with van der Waals surface area (Å²) in [6.07, 6.45) is -2.45. The molecule has 22 heavy (non-hydrogen) atoms. The third kappa shape index (κ3) is 4.27. The Morgan fingerprint density at radius 2 is 1.64 bits per heavy atom. The van der Waals surface area contributed by atoms with Gasteiger partial charge in [-0.2, -0.15) is 13.2 Å². The summed E-state index contributed by atoms with van der Waals surface area (Å²) in [4.78, 5) is 13.0. The molecule has 2 rings (SSSR count). The van der Waals surface area contributed by atoms with Crippen LogP contribution in [0.15, 0.2) is 53.4 Å². The smallest absolute Gasteiger partial charge is 0.416 e. The Bertz CT molecular complexity index is 634. The van der Waals surface area contributed by atoms with Crippen LogP contribution < -0.4 is 4.74 Å². The van der Waals surface area contributed by atoms with Gasteiger partial charge in [-0.15, -0.1) is 11.8 Å². The lowest BCUT2D eigenvalue weighted by molar-refractivity contribution is -0.137. The van der Waals surface area contributed by atoms with Crippen molar-refractivity contribution in [3.05, 3.63) is 59.7 Å². The molecule has 0 bridgehead atoms. The summed E-state index contributed by atoms with van der Waals surface area (Å²) in [5, 5.41) is 0. The minimum absolute atomic E-state index is 0.218. The number of carbonyl (C=O) groups is 1. The number of thioether (sulfide) groups is 1. The van der Waals surface area contributed by atoms with E-state index >= 15 is 0 Å². The van der Waals surface area contributed by atoms with E-state index in [0.29, 0.717) is 5.56 Å². The van der Waals surface area contributed by atoms with E-state index in [2.05, 4.69) is 0 Å². The second kappa shape index (κ2) is 6.87. The van der Waals surface area contributed by atoms with Crippen molar-refractivity contribution in [2.24, 2.45) is 0 Å². The Morgan fingerprint density at radius 1 is 1.05 bits per heavy atom. The van der Waals surface area contributed by atoms with Gasteiger partial charge in [0.25, 0.3) is 0 Å². The van der Waals surface area contributed by atoms with E-state index in [1.54, 1.807) is 23.9 Å². The second-order valence-electron chi connectivity index (χ2n) is 4.46. The Morgan fingerprint density at radius 3 is 2.14 bits per heavy atom. The van der Waals surface area contributed by atoms with Crippen LogP contribution in [0.4, 0.5) is 13.2 Å². The standard InChI is InChI=1S/C16H13F3O2S/c1-22-14-8-2-11(3-9-14)15(20)10-21-13-6-4-12(5-7-13)16(17,18)19/h2-9H,10H2,1H3. The fraction of sp³-hybridized carbons (Fsp3) is 0.188. The molecule has 2 nitrogen and oxygen atoms in total. The van der Waals surface area contributed by atoms with E-state index in [-0.39, 0.29) is 18.1 Å². The van der Waals surface area contributed by atoms with Crippen LogP contribution in [0.1, 0.15) is 15.9 Å². The first-order valence-electron chi connectivity index (χ1n) is 6.37. The van der Waals surface area contributed by atoms with E-state index in [1.807, 2.05) is 18.4 Å². The lowest BCUT2D eigenvalue weighted by Crippen LogP contribution is -2.11. The van der Waals surface area contributed by atoms with E-state index in [0.717, 1.165) is 17.0 Å². The lowest BCUT2D eigenvalue weighted by atomic mass is 10.1. The molecule has 0 fully saturated rings. The van der Waals surface area contributed by atoms with E-state index < -0.39 is 11.7 Å². The van der Waals surface area contributed by atoms with Crippen molar-refractivity contribution in [1.82, 2.24) is 0 Å². The third-order valence-electron chi connectivity index (χ3n) is 2.96. The van der Waals surface area contributed by atoms with Crippen molar-refractivity contribution < 1.29 is 22.7 Å². The number of carbonyl (C=O) groups excluding carboxylic acids is 1. The van der Waals surface area contributed by atoms with Gasteiger partial charge in [-0.1, -0.05) is 12.1 Å². The highest BCUT2D eigenvalue weighted by Crippen LogP contribution is 2.30. The predicted octanol–water partition coefficient (Wildman–Crippen LogP) is 4.69. The number of hydrogen-bond donors (Lipinski definition) is 0. The van der Waals surface area contributed by atoms with E-state index in [1.165, 1.54) is 12.1 Å². The molecule has 0 unspecified atom stereocenters. The van der Waals surface area contributed by atoms with Gasteiger partial charge in [-0.05, 0) is 42.7 Å². The third-order valence-corrected chi connectivity index (χ3v) is 3.71. The SMILES string of the molecule is CSc1ccc(C(=O)COc2ccc(C(F)(F)F)cc2)cc1. The van der Waals surface area contributed by atoms with Gasteiger partial charge in [0.05, 0.1) is 5.56 Å². The molecule has 0 aliphatic heterocycles. The molecule has 6 heteroatoms. The van der Waals surface area contributed by atoms with Crippen LogP contribution in [0, 0.1) is 0 Å². The monoisotopic (exact) mass is 326 g/mol. The molecule has 0 saturated heterocycles. The highest BCUT2D eigenvalue weighted by molar-refractivity contribution is 7.98. The molecule has 0 aromatic heterocycles. The highest BCUT2D eigenvalue weighted by atomic mass is 32.2. The average Bonchev–Trinajstić information content (AvgIpc) is 2.52. The van der Waals surface area contributed by atoms with Crippen LogP contribution in [-0.2, 0) is 6.18 Å². The molecular formula is C16H13F3O2S. The molecule has 2 aromatic rings. The predicted molar refractivity (Wildman–Crippen MR) is 79.5 cm³/mol. The Hall–Kier alpha value is -1.95. The summed E-state index contributed by atoms with van der Waals surface area (Å²) in [5.41, 5.74) is -0.247. The fourth-order valence-electron chi connectivity index (χ4n) is 1.75. The molecule has 0 heterocycles. The van der Waals surface area contributed by atoms with Gasteiger partial charge in [-0.3, -0.25) is 4.79 Å². The number of halogens is 3. The van der Waals surface area contributed by atoms with Crippen LogP contribution in [0.25, 0.3) is 0 Å². The van der Waals surface area contributed by atoms with E-state index in [9.17, 15) is 18.0 Å². The maximum atomic E-state index is 12.4. The first kappa shape index (κ1) is 16.4. The molecule has 0 atom stereocenters. The van der Waals surface area contributed by atoms with Crippen molar-refractivity contribution in [1.29, 1.82) is 0 Å². The van der Waals surface area contributed by atoms with Crippen LogP contribution in [0.2, 0.25) is 0 Å². The maximum absolute atomic E-state index is 12.4. The van der Waals surface area contributed by atoms with Crippen LogP contribution >= 0.6 is 11.8 Å². The van der Waals surface area contributed by atoms with Gasteiger partial charge >= 0.3 is 6.18 Å². The normalized spacial score (nSPS) is 11.3. The summed E-state index contributed by atoms with van der Waals surface area (Å²) in [6, 6.07) is 11.3. The molecular weight excluding hydrogens is 313 g/mol.